The second kappa shape index (κ2) is 3.99. The lowest BCUT2D eigenvalue weighted by Crippen LogP contribution is -2.36. The largest absolute Gasteiger partial charge is 0.352 e. The molecule has 1 aromatic carbocycles. The van der Waals surface area contributed by atoms with Gasteiger partial charge in [0, 0.05) is 14.1 Å². The van der Waals surface area contributed by atoms with Crippen molar-refractivity contribution < 1.29 is 0 Å². The van der Waals surface area contributed by atoms with Crippen LogP contribution < -0.4 is 11.2 Å². The van der Waals surface area contributed by atoms with Crippen LogP contribution in [0.2, 0.25) is 0 Å². The molecule has 0 unspecified atom stereocenters. The number of hydrogen-bond acceptors (Lipinski definition) is 5. The van der Waals surface area contributed by atoms with Crippen LogP contribution in [0.4, 0.5) is 0 Å². The SMILES string of the molecule is Cn1c(=O)nc2n(C)c3ccc(C#N)cc3nc-2c1=O. The number of benzene rings is 1. The van der Waals surface area contributed by atoms with Crippen molar-refractivity contribution in [2.45, 2.75) is 0 Å². The molecule has 0 saturated heterocycles. The van der Waals surface area contributed by atoms with Crippen molar-refractivity contribution in [3.05, 3.63) is 44.6 Å². The Morgan fingerprint density at radius 1 is 1.15 bits per heavy atom. The Morgan fingerprint density at radius 3 is 2.60 bits per heavy atom. The molecule has 0 atom stereocenters. The zero-order valence-electron chi connectivity index (χ0n) is 10.8. The minimum absolute atomic E-state index is 0.109. The van der Waals surface area contributed by atoms with E-state index in [0.29, 0.717) is 16.6 Å². The molecule has 0 N–H and O–H groups in total. The topological polar surface area (TPSA) is 93.6 Å². The van der Waals surface area contributed by atoms with Crippen LogP contribution in [-0.2, 0) is 14.1 Å². The molecule has 0 aliphatic carbocycles. The van der Waals surface area contributed by atoms with Crippen LogP contribution in [0.1, 0.15) is 5.56 Å². The molecular weight excluding hydrogens is 258 g/mol. The Morgan fingerprint density at radius 2 is 1.90 bits per heavy atom. The van der Waals surface area contributed by atoms with Crippen molar-refractivity contribution in [3.8, 4) is 17.6 Å². The first-order valence-electron chi connectivity index (χ1n) is 5.80. The molecule has 0 saturated carbocycles. The minimum Gasteiger partial charge on any atom is -0.325 e. The molecule has 0 radical (unpaired) electrons. The van der Waals surface area contributed by atoms with E-state index in [0.717, 1.165) is 4.57 Å². The number of nitriles is 1. The fourth-order valence-electron chi connectivity index (χ4n) is 2.09. The second-order valence-corrected chi connectivity index (χ2v) is 4.42. The standard InChI is InChI=1S/C13H9N5O2/c1-17-9-4-3-7(6-14)5-8(9)15-10-11(17)16-13(20)18(2)12(10)19/h3-5H,1-2H3. The van der Waals surface area contributed by atoms with E-state index in [9.17, 15) is 9.59 Å². The average molecular weight is 267 g/mol. The van der Waals surface area contributed by atoms with Crippen molar-refractivity contribution in [2.24, 2.45) is 14.1 Å². The van der Waals surface area contributed by atoms with E-state index in [1.807, 2.05) is 6.07 Å². The summed E-state index contributed by atoms with van der Waals surface area (Å²) in [6.45, 7) is 0. The molecule has 98 valence electrons. The third-order valence-electron chi connectivity index (χ3n) is 3.22. The summed E-state index contributed by atoms with van der Waals surface area (Å²) >= 11 is 0. The Hall–Kier alpha value is -3.01. The predicted molar refractivity (Wildman–Crippen MR) is 71.4 cm³/mol. The summed E-state index contributed by atoms with van der Waals surface area (Å²) in [5, 5.41) is 8.91. The Labute approximate surface area is 112 Å². The van der Waals surface area contributed by atoms with Gasteiger partial charge in [0.15, 0.2) is 11.5 Å². The first kappa shape index (κ1) is 12.0. The van der Waals surface area contributed by atoms with Gasteiger partial charge in [0.1, 0.15) is 0 Å². The summed E-state index contributed by atoms with van der Waals surface area (Å²) in [5.74, 6) is 0.232. The highest BCUT2D eigenvalue weighted by molar-refractivity contribution is 5.80. The van der Waals surface area contributed by atoms with Gasteiger partial charge in [0.25, 0.3) is 5.56 Å². The quantitative estimate of drug-likeness (QED) is 0.534. The van der Waals surface area contributed by atoms with Crippen molar-refractivity contribution in [2.75, 3.05) is 0 Å². The summed E-state index contributed by atoms with van der Waals surface area (Å²) in [4.78, 5) is 31.8. The number of nitrogens with zero attached hydrogens (tertiary/aromatic N) is 5. The molecule has 0 amide bonds. The van der Waals surface area contributed by atoms with Crippen LogP contribution >= 0.6 is 0 Å². The number of fused-ring (bicyclic) bond motifs is 2. The van der Waals surface area contributed by atoms with Crippen LogP contribution in [0.25, 0.3) is 22.6 Å². The van der Waals surface area contributed by atoms with Gasteiger partial charge in [-0.25, -0.2) is 9.78 Å². The summed E-state index contributed by atoms with van der Waals surface area (Å²) in [5.41, 5.74) is 0.646. The first-order valence-corrected chi connectivity index (χ1v) is 5.80. The molecule has 0 aromatic heterocycles. The molecule has 2 heterocycles. The average Bonchev–Trinajstić information content (AvgIpc) is 2.46. The zero-order valence-corrected chi connectivity index (χ0v) is 10.8. The van der Waals surface area contributed by atoms with Gasteiger partial charge >= 0.3 is 5.69 Å². The van der Waals surface area contributed by atoms with Crippen LogP contribution in [-0.4, -0.2) is 19.1 Å². The second-order valence-electron chi connectivity index (χ2n) is 4.42. The molecule has 0 bridgehead atoms. The van der Waals surface area contributed by atoms with Crippen LogP contribution in [0.15, 0.2) is 27.8 Å². The summed E-state index contributed by atoms with van der Waals surface area (Å²) in [7, 11) is 3.05. The van der Waals surface area contributed by atoms with E-state index in [1.165, 1.54) is 7.05 Å². The Balaban J connectivity index is 2.59. The zero-order chi connectivity index (χ0) is 14.4. The fraction of sp³-hybridized carbons (Fsp3) is 0.154. The first-order chi connectivity index (χ1) is 9.52. The number of rotatable bonds is 0. The number of hydrogen-bond donors (Lipinski definition) is 0. The molecule has 2 aliphatic rings. The number of aryl methyl sites for hydroxylation is 1. The maximum absolute atomic E-state index is 12.1. The van der Waals surface area contributed by atoms with Gasteiger partial charge in [-0.2, -0.15) is 10.2 Å². The van der Waals surface area contributed by atoms with Gasteiger partial charge < -0.3 is 4.57 Å². The van der Waals surface area contributed by atoms with Crippen LogP contribution in [0.5, 0.6) is 0 Å². The van der Waals surface area contributed by atoms with E-state index < -0.39 is 11.2 Å². The van der Waals surface area contributed by atoms with Gasteiger partial charge in [0.2, 0.25) is 0 Å². The maximum Gasteiger partial charge on any atom is 0.352 e. The molecule has 0 fully saturated rings. The van der Waals surface area contributed by atoms with Crippen molar-refractivity contribution in [1.29, 1.82) is 5.26 Å². The molecule has 3 rings (SSSR count). The van der Waals surface area contributed by atoms with E-state index in [2.05, 4.69) is 9.97 Å². The monoisotopic (exact) mass is 267 g/mol. The molecule has 2 aliphatic heterocycles. The van der Waals surface area contributed by atoms with E-state index in [1.54, 1.807) is 29.8 Å². The molecule has 20 heavy (non-hydrogen) atoms. The molecule has 0 spiro atoms. The van der Waals surface area contributed by atoms with Crippen molar-refractivity contribution >= 4 is 11.0 Å². The summed E-state index contributed by atoms with van der Waals surface area (Å²) in [6, 6.07) is 6.98. The predicted octanol–water partition coefficient (Wildman–Crippen LogP) is 0.00368. The van der Waals surface area contributed by atoms with E-state index in [-0.39, 0.29) is 11.5 Å². The van der Waals surface area contributed by atoms with Crippen LogP contribution in [0, 0.1) is 11.3 Å². The van der Waals surface area contributed by atoms with Crippen molar-refractivity contribution in [1.82, 2.24) is 19.1 Å². The number of aromatic nitrogens is 4. The van der Waals surface area contributed by atoms with Gasteiger partial charge in [-0.1, -0.05) is 0 Å². The third kappa shape index (κ3) is 1.52. The maximum atomic E-state index is 12.1. The molecule has 7 nitrogen and oxygen atoms in total. The normalized spacial score (nSPS) is 10.8. The Bertz CT molecular complexity index is 977. The summed E-state index contributed by atoms with van der Waals surface area (Å²) in [6.07, 6.45) is 0. The van der Waals surface area contributed by atoms with Gasteiger partial charge in [-0.15, -0.1) is 0 Å². The van der Waals surface area contributed by atoms with Gasteiger partial charge in [-0.05, 0) is 18.2 Å². The smallest absolute Gasteiger partial charge is 0.325 e. The third-order valence-corrected chi connectivity index (χ3v) is 3.22. The Kier molecular flexibility index (Phi) is 2.41. The van der Waals surface area contributed by atoms with Gasteiger partial charge in [0.05, 0.1) is 22.7 Å². The van der Waals surface area contributed by atoms with Crippen LogP contribution in [0.3, 0.4) is 0 Å². The fourth-order valence-corrected chi connectivity index (χ4v) is 2.09. The highest BCUT2D eigenvalue weighted by Crippen LogP contribution is 2.19. The minimum atomic E-state index is -0.618. The molecule has 7 heteroatoms. The van der Waals surface area contributed by atoms with E-state index in [4.69, 9.17) is 5.26 Å². The summed E-state index contributed by atoms with van der Waals surface area (Å²) < 4.78 is 2.54. The highest BCUT2D eigenvalue weighted by Gasteiger charge is 2.18. The lowest BCUT2D eigenvalue weighted by molar-refractivity contribution is 0.748. The lowest BCUT2D eigenvalue weighted by Gasteiger charge is -2.13. The van der Waals surface area contributed by atoms with Crippen molar-refractivity contribution in [3.63, 3.8) is 0 Å². The molecule has 1 aromatic rings. The lowest BCUT2D eigenvalue weighted by atomic mass is 10.2. The molecular formula is C13H9N5O2. The van der Waals surface area contributed by atoms with Gasteiger partial charge in [-0.3, -0.25) is 9.36 Å². The van der Waals surface area contributed by atoms with E-state index >= 15 is 0 Å². The highest BCUT2D eigenvalue weighted by atomic mass is 16.2.